The van der Waals surface area contributed by atoms with Crippen LogP contribution in [0, 0.1) is 35.4 Å². The van der Waals surface area contributed by atoms with E-state index in [9.17, 15) is 34.8 Å². The molecule has 2 fully saturated rings. The second-order valence-corrected chi connectivity index (χ2v) is 33.5. The summed E-state index contributed by atoms with van der Waals surface area (Å²) in [7, 11) is 0. The van der Waals surface area contributed by atoms with Gasteiger partial charge in [-0.3, -0.25) is 0 Å². The zero-order valence-electron chi connectivity index (χ0n) is 74.5. The van der Waals surface area contributed by atoms with Crippen LogP contribution in [0.5, 0.6) is 34.5 Å². The van der Waals surface area contributed by atoms with Crippen LogP contribution in [0.25, 0.3) is 33.4 Å². The molecule has 1 saturated carbocycles. The van der Waals surface area contributed by atoms with Gasteiger partial charge in [-0.15, -0.1) is 0 Å². The first-order valence-electron chi connectivity index (χ1n) is 44.2. The van der Waals surface area contributed by atoms with Crippen molar-refractivity contribution in [1.82, 2.24) is 0 Å². The van der Waals surface area contributed by atoms with Crippen LogP contribution in [0.15, 0.2) is 176 Å². The number of cyclic esters (lactones) is 2. The van der Waals surface area contributed by atoms with Crippen LogP contribution >= 0.6 is 0 Å². The maximum atomic E-state index is 15.6. The molecular formula is C103H139FO18. The molecule has 0 unspecified atom stereocenters. The van der Waals surface area contributed by atoms with Gasteiger partial charge in [-0.05, 0) is 263 Å². The molecule has 122 heavy (non-hydrogen) atoms. The van der Waals surface area contributed by atoms with Gasteiger partial charge in [-0.1, -0.05) is 174 Å². The SMILES string of the molecule is C=C(C)C(=C)OCCCc1cc(-c2ccc(C3CCC(CCCCC)CC3)cc2C)cc(OC(=C)C(=C)C)c1-c1cc(OCC(CO)(CO)CCC)cc(OCC(CO)(CO)CCC)c1.C=C(C)C(=O)OCCCc1cc(-c2ccc(OCCOc3ccc(CCCCCCC)cc3)c(F)c2)cc(CCCOC(=O)C(=C)C)c1OCC1COC(=O)OC1. The van der Waals surface area contributed by atoms with E-state index in [1.54, 1.807) is 32.0 Å². The van der Waals surface area contributed by atoms with Crippen molar-refractivity contribution in [2.45, 2.75) is 222 Å². The topological polar surface area (TPSA) is 234 Å². The first kappa shape index (κ1) is 99.4. The summed E-state index contributed by atoms with van der Waals surface area (Å²) >= 11 is 0. The molecule has 0 atom stereocenters. The number of carbonyl (C=O) groups is 3. The van der Waals surface area contributed by atoms with E-state index >= 15 is 4.39 Å². The number of esters is 2. The van der Waals surface area contributed by atoms with Gasteiger partial charge in [0, 0.05) is 22.8 Å². The Morgan fingerprint density at radius 3 is 1.54 bits per heavy atom. The zero-order chi connectivity index (χ0) is 88.6. The van der Waals surface area contributed by atoms with Crippen LogP contribution in [-0.2, 0) is 59.0 Å². The number of hydrogen-bond acceptors (Lipinski definition) is 18. The number of rotatable bonds is 55. The molecule has 1 heterocycles. The molecule has 666 valence electrons. The third-order valence-electron chi connectivity index (χ3n) is 22.8. The lowest BCUT2D eigenvalue weighted by Gasteiger charge is -2.30. The Bertz CT molecular complexity index is 4260. The summed E-state index contributed by atoms with van der Waals surface area (Å²) in [5, 5.41) is 41.7. The van der Waals surface area contributed by atoms with Gasteiger partial charge in [0.2, 0.25) is 0 Å². The number of aryl methyl sites for hydroxylation is 5. The van der Waals surface area contributed by atoms with Crippen molar-refractivity contribution < 1.29 is 91.3 Å². The van der Waals surface area contributed by atoms with Crippen molar-refractivity contribution >= 4 is 18.1 Å². The van der Waals surface area contributed by atoms with Gasteiger partial charge in [-0.25, -0.2) is 18.8 Å². The highest BCUT2D eigenvalue weighted by molar-refractivity contribution is 5.87. The summed E-state index contributed by atoms with van der Waals surface area (Å²) in [6.45, 7) is 42.2. The minimum atomic E-state index is -0.842. The molecule has 4 N–H and O–H groups in total. The van der Waals surface area contributed by atoms with Gasteiger partial charge in [0.05, 0.1) is 82.8 Å². The number of aliphatic hydroxyl groups is 4. The van der Waals surface area contributed by atoms with Gasteiger partial charge >= 0.3 is 18.1 Å². The van der Waals surface area contributed by atoms with Gasteiger partial charge in [0.15, 0.2) is 11.6 Å². The Morgan fingerprint density at radius 1 is 0.467 bits per heavy atom. The smallest absolute Gasteiger partial charge is 0.494 e. The van der Waals surface area contributed by atoms with Crippen molar-refractivity contribution in [2.24, 2.45) is 22.7 Å². The monoisotopic (exact) mass is 1680 g/mol. The molecule has 19 heteroatoms. The molecular weight excluding hydrogens is 1540 g/mol. The Labute approximate surface area is 726 Å². The van der Waals surface area contributed by atoms with Crippen LogP contribution in [0.1, 0.15) is 223 Å². The highest BCUT2D eigenvalue weighted by Crippen LogP contribution is 2.46. The summed E-state index contributed by atoms with van der Waals surface area (Å²) in [6.07, 6.45) is 22.8. The minimum Gasteiger partial charge on any atom is -0.494 e. The predicted octanol–water partition coefficient (Wildman–Crippen LogP) is 22.7. The van der Waals surface area contributed by atoms with E-state index in [0.717, 1.165) is 81.0 Å². The summed E-state index contributed by atoms with van der Waals surface area (Å²) in [4.78, 5) is 35.5. The fourth-order valence-corrected chi connectivity index (χ4v) is 15.3. The number of aliphatic hydroxyl groups excluding tert-OH is 4. The van der Waals surface area contributed by atoms with Crippen molar-refractivity contribution in [2.75, 3.05) is 92.5 Å². The highest BCUT2D eigenvalue weighted by Gasteiger charge is 2.33. The first-order chi connectivity index (χ1) is 58.7. The van der Waals surface area contributed by atoms with E-state index in [1.165, 1.54) is 106 Å². The zero-order valence-corrected chi connectivity index (χ0v) is 74.5. The molecule has 0 amide bonds. The van der Waals surface area contributed by atoms with E-state index in [1.807, 2.05) is 64.1 Å². The molecule has 2 aliphatic rings. The fraction of sp³-hybridized carbons (Fsp3) is 0.505. The van der Waals surface area contributed by atoms with E-state index in [-0.39, 0.29) is 97.6 Å². The Morgan fingerprint density at radius 2 is 1.01 bits per heavy atom. The molecule has 0 spiro atoms. The Balaban J connectivity index is 0.000000339. The third-order valence-corrected chi connectivity index (χ3v) is 22.8. The van der Waals surface area contributed by atoms with Crippen LogP contribution < -0.4 is 28.4 Å². The number of benzene rings is 6. The minimum absolute atomic E-state index is 0.0744. The number of allylic oxidation sites excluding steroid dienone is 2. The van der Waals surface area contributed by atoms with Crippen molar-refractivity contribution in [3.63, 3.8) is 0 Å². The van der Waals surface area contributed by atoms with E-state index < -0.39 is 34.7 Å². The summed E-state index contributed by atoms with van der Waals surface area (Å²) in [6, 6.07) is 33.7. The van der Waals surface area contributed by atoms with Crippen molar-refractivity contribution in [1.29, 1.82) is 0 Å². The molecule has 18 nitrogen and oxygen atoms in total. The number of halogens is 1. The normalized spacial score (nSPS) is 14.1. The fourth-order valence-electron chi connectivity index (χ4n) is 15.3. The number of hydrogen-bond donors (Lipinski definition) is 4. The first-order valence-corrected chi connectivity index (χ1v) is 44.2. The Kier molecular flexibility index (Phi) is 42.4. The van der Waals surface area contributed by atoms with Crippen molar-refractivity contribution in [3.8, 4) is 67.9 Å². The molecule has 1 aliphatic heterocycles. The quantitative estimate of drug-likeness (QED) is 0.00694. The van der Waals surface area contributed by atoms with Crippen LogP contribution in [0.3, 0.4) is 0 Å². The van der Waals surface area contributed by atoms with Gasteiger partial charge in [0.1, 0.15) is 66.7 Å². The molecule has 8 rings (SSSR count). The lowest BCUT2D eigenvalue weighted by Crippen LogP contribution is -2.36. The number of carbonyl (C=O) groups excluding carboxylic acids is 3. The standard InChI is InChI=1S/C57H82O8.C46H57FO10/c1-11-14-15-17-45-19-21-46(22-20-45)47-23-24-53(42(8)28-47)49-29-48(18-16-27-62-43(9)40(4)5)55(54(32-49)65-44(10)41(6)7)50-30-51(63-38-56(34-58,35-59)25-12-2)33-52(31-50)64-39-57(36-60,37-61)26-13-3;1-6-7-8-9-10-13-34-16-19-40(20-17-34)51-24-25-52-42-21-18-36(28-41(42)47)39-26-37(14-11-22-53-44(48)32(2)3)43(55-29-35-30-56-46(50)57-31-35)38(27-39)15-12-23-54-45(49)33(4)5/h23-24,28-33,45-46,58-61H,4,6,9-22,25-27,34-39H2,1-3,5,7-8H3;16-21,26-28,35H,2,4,6-15,22-25,29-31H2,1,3,5H3. The van der Waals surface area contributed by atoms with Gasteiger partial charge in [-0.2, -0.15) is 0 Å². The molecule has 0 bridgehead atoms. The third kappa shape index (κ3) is 31.9. The number of unbranched alkanes of at least 4 members (excludes halogenated alkanes) is 6. The molecule has 0 radical (unpaired) electrons. The summed E-state index contributed by atoms with van der Waals surface area (Å²) in [5.41, 5.74) is 12.0. The molecule has 1 saturated heterocycles. The van der Waals surface area contributed by atoms with Crippen molar-refractivity contribution in [3.05, 3.63) is 216 Å². The van der Waals surface area contributed by atoms with E-state index in [4.69, 9.17) is 52.1 Å². The summed E-state index contributed by atoms with van der Waals surface area (Å²) in [5.74, 6) is 3.72. The second-order valence-electron chi connectivity index (χ2n) is 33.5. The molecule has 1 aliphatic carbocycles. The highest BCUT2D eigenvalue weighted by atomic mass is 19.1. The number of ether oxygens (including phenoxy) is 11. The molecule has 6 aromatic carbocycles. The Hall–Kier alpha value is -9.66. The molecule has 0 aromatic heterocycles. The van der Waals surface area contributed by atoms with Crippen LogP contribution in [-0.4, -0.2) is 131 Å². The van der Waals surface area contributed by atoms with Gasteiger partial charge < -0.3 is 72.5 Å². The summed E-state index contributed by atoms with van der Waals surface area (Å²) < 4.78 is 80.1. The van der Waals surface area contributed by atoms with E-state index in [0.29, 0.717) is 121 Å². The lowest BCUT2D eigenvalue weighted by molar-refractivity contribution is -0.139. The second kappa shape index (κ2) is 52.1. The maximum absolute atomic E-state index is 15.6. The maximum Gasteiger partial charge on any atom is 0.508 e. The predicted molar refractivity (Wildman–Crippen MR) is 484 cm³/mol. The van der Waals surface area contributed by atoms with Crippen LogP contribution in [0.2, 0.25) is 0 Å². The average Bonchev–Trinajstić information content (AvgIpc) is 0.772. The van der Waals surface area contributed by atoms with Gasteiger partial charge in [0.25, 0.3) is 0 Å². The van der Waals surface area contributed by atoms with E-state index in [2.05, 4.69) is 103 Å². The van der Waals surface area contributed by atoms with Crippen LogP contribution in [0.4, 0.5) is 9.18 Å². The largest absolute Gasteiger partial charge is 0.508 e. The average molecular weight is 1680 g/mol. The lowest BCUT2D eigenvalue weighted by atomic mass is 9.76. The molecule has 6 aromatic rings.